The summed E-state index contributed by atoms with van der Waals surface area (Å²) >= 11 is 0. The number of benzene rings is 1. The van der Waals surface area contributed by atoms with Crippen LogP contribution in [-0.4, -0.2) is 29.0 Å². The molecule has 2 N–H and O–H groups in total. The van der Waals surface area contributed by atoms with Gasteiger partial charge in [-0.15, -0.1) is 10.2 Å². The number of H-pyrrole nitrogens is 1. The lowest BCUT2D eigenvalue weighted by Crippen LogP contribution is -2.23. The lowest BCUT2D eigenvalue weighted by Gasteiger charge is -2.05. The third-order valence-corrected chi connectivity index (χ3v) is 3.87. The van der Waals surface area contributed by atoms with E-state index < -0.39 is 10.0 Å². The lowest BCUT2D eigenvalue weighted by molar-refractivity contribution is 0.579. The average Bonchev–Trinajstić information content (AvgIpc) is 2.90. The van der Waals surface area contributed by atoms with Gasteiger partial charge in [0.1, 0.15) is 0 Å². The smallest absolute Gasteiger partial charge is 0.207 e. The van der Waals surface area contributed by atoms with Crippen molar-refractivity contribution < 1.29 is 8.42 Å². The molecule has 0 spiro atoms. The fourth-order valence-electron chi connectivity index (χ4n) is 1.40. The lowest BCUT2D eigenvalue weighted by atomic mass is 10.2. The number of nitrogens with zero attached hydrogens (tertiary/aromatic N) is 3. The van der Waals surface area contributed by atoms with E-state index in [4.69, 9.17) is 0 Å². The van der Waals surface area contributed by atoms with Gasteiger partial charge in [-0.2, -0.15) is 5.21 Å². The molecule has 1 aromatic heterocycles. The fourth-order valence-corrected chi connectivity index (χ4v) is 2.38. The van der Waals surface area contributed by atoms with Crippen LogP contribution in [0.1, 0.15) is 18.3 Å². The van der Waals surface area contributed by atoms with Crippen molar-refractivity contribution in [2.24, 2.45) is 0 Å². The van der Waals surface area contributed by atoms with Gasteiger partial charge in [0.2, 0.25) is 10.0 Å². The first-order valence-electron chi connectivity index (χ1n) is 5.43. The summed E-state index contributed by atoms with van der Waals surface area (Å²) in [7, 11) is -3.53. The first-order chi connectivity index (χ1) is 8.62. The molecule has 0 saturated carbocycles. The summed E-state index contributed by atoms with van der Waals surface area (Å²) < 4.78 is 26.3. The molecule has 7 nitrogen and oxygen atoms in total. The van der Waals surface area contributed by atoms with Gasteiger partial charge in [0.15, 0.2) is 5.82 Å². The summed E-state index contributed by atoms with van der Waals surface area (Å²) in [6.45, 7) is 2.02. The molecule has 18 heavy (non-hydrogen) atoms. The minimum Gasteiger partial charge on any atom is -0.207 e. The van der Waals surface area contributed by atoms with Gasteiger partial charge < -0.3 is 0 Å². The van der Waals surface area contributed by atoms with Crippen molar-refractivity contribution in [2.45, 2.75) is 24.8 Å². The predicted octanol–water partition coefficient (Wildman–Crippen LogP) is 0.241. The number of rotatable bonds is 5. The number of aromatic nitrogens is 4. The second-order valence-corrected chi connectivity index (χ2v) is 5.42. The Hall–Kier alpha value is -1.80. The summed E-state index contributed by atoms with van der Waals surface area (Å²) in [6.07, 6.45) is 0.872. The van der Waals surface area contributed by atoms with E-state index in [1.807, 2.05) is 6.92 Å². The second-order valence-electron chi connectivity index (χ2n) is 3.65. The molecule has 2 rings (SSSR count). The Balaban J connectivity index is 2.09. The van der Waals surface area contributed by atoms with Gasteiger partial charge in [0.25, 0.3) is 0 Å². The van der Waals surface area contributed by atoms with Gasteiger partial charge in [-0.1, -0.05) is 24.3 Å². The van der Waals surface area contributed by atoms with Gasteiger partial charge in [-0.05, 0) is 24.1 Å². The molecular formula is C10H13N5O2S. The molecule has 1 heterocycles. The van der Waals surface area contributed by atoms with E-state index in [0.29, 0.717) is 5.82 Å². The number of hydrogen-bond donors (Lipinski definition) is 2. The van der Waals surface area contributed by atoms with Crippen molar-refractivity contribution in [3.63, 3.8) is 0 Å². The molecule has 0 radical (unpaired) electrons. The SMILES string of the molecule is CCc1ccc(S(=O)(=O)NCc2nn[nH]n2)cc1. The number of aryl methyl sites for hydroxylation is 1. The van der Waals surface area contributed by atoms with Crippen molar-refractivity contribution in [3.8, 4) is 0 Å². The van der Waals surface area contributed by atoms with Gasteiger partial charge in [-0.3, -0.25) is 0 Å². The van der Waals surface area contributed by atoms with Crippen LogP contribution >= 0.6 is 0 Å². The van der Waals surface area contributed by atoms with Gasteiger partial charge >= 0.3 is 0 Å². The van der Waals surface area contributed by atoms with Crippen molar-refractivity contribution in [1.29, 1.82) is 0 Å². The summed E-state index contributed by atoms with van der Waals surface area (Å²) in [5, 5.41) is 12.9. The third-order valence-electron chi connectivity index (χ3n) is 2.45. The van der Waals surface area contributed by atoms with Gasteiger partial charge in [-0.25, -0.2) is 13.1 Å². The molecule has 0 aliphatic heterocycles. The van der Waals surface area contributed by atoms with Crippen LogP contribution in [0.25, 0.3) is 0 Å². The maximum absolute atomic E-state index is 11.9. The van der Waals surface area contributed by atoms with Crippen LogP contribution in [0.5, 0.6) is 0 Å². The second kappa shape index (κ2) is 5.23. The maximum atomic E-state index is 11.9. The molecule has 0 unspecified atom stereocenters. The fraction of sp³-hybridized carbons (Fsp3) is 0.300. The van der Waals surface area contributed by atoms with E-state index in [1.165, 1.54) is 0 Å². The standard InChI is InChI=1S/C10H13N5O2S/c1-2-8-3-5-9(6-4-8)18(16,17)11-7-10-12-14-15-13-10/h3-6,11H,2,7H2,1H3,(H,12,13,14,15). The maximum Gasteiger partial charge on any atom is 0.240 e. The Kier molecular flexibility index (Phi) is 3.68. The quantitative estimate of drug-likeness (QED) is 0.808. The van der Waals surface area contributed by atoms with Crippen LogP contribution in [0.15, 0.2) is 29.2 Å². The molecule has 0 amide bonds. The topological polar surface area (TPSA) is 101 Å². The predicted molar refractivity (Wildman–Crippen MR) is 64.0 cm³/mol. The Morgan fingerprint density at radius 1 is 1.28 bits per heavy atom. The molecule has 0 saturated heterocycles. The Morgan fingerprint density at radius 2 is 2.00 bits per heavy atom. The van der Waals surface area contributed by atoms with Crippen LogP contribution in [0.2, 0.25) is 0 Å². The molecule has 2 aromatic rings. The Labute approximate surface area is 105 Å². The van der Waals surface area contributed by atoms with Crippen molar-refractivity contribution >= 4 is 10.0 Å². The monoisotopic (exact) mass is 267 g/mol. The van der Waals surface area contributed by atoms with E-state index in [-0.39, 0.29) is 11.4 Å². The van der Waals surface area contributed by atoms with E-state index in [2.05, 4.69) is 25.3 Å². The highest BCUT2D eigenvalue weighted by molar-refractivity contribution is 7.89. The highest BCUT2D eigenvalue weighted by Crippen LogP contribution is 2.11. The highest BCUT2D eigenvalue weighted by Gasteiger charge is 2.14. The van der Waals surface area contributed by atoms with Gasteiger partial charge in [0, 0.05) is 0 Å². The number of sulfonamides is 1. The first kappa shape index (κ1) is 12.7. The normalized spacial score (nSPS) is 11.6. The van der Waals surface area contributed by atoms with Crippen LogP contribution in [-0.2, 0) is 23.0 Å². The third kappa shape index (κ3) is 2.90. The Bertz CT molecular complexity index is 592. The van der Waals surface area contributed by atoms with E-state index in [9.17, 15) is 8.42 Å². The molecule has 0 aliphatic carbocycles. The molecule has 8 heteroatoms. The zero-order valence-corrected chi connectivity index (χ0v) is 10.6. The van der Waals surface area contributed by atoms with Crippen LogP contribution in [0, 0.1) is 0 Å². The molecular weight excluding hydrogens is 254 g/mol. The molecule has 96 valence electrons. The summed E-state index contributed by atoms with van der Waals surface area (Å²) in [6, 6.07) is 6.75. The average molecular weight is 267 g/mol. The van der Waals surface area contributed by atoms with Crippen molar-refractivity contribution in [1.82, 2.24) is 25.3 Å². The Morgan fingerprint density at radius 3 is 2.56 bits per heavy atom. The van der Waals surface area contributed by atoms with E-state index in [1.54, 1.807) is 24.3 Å². The van der Waals surface area contributed by atoms with Crippen LogP contribution in [0.3, 0.4) is 0 Å². The van der Waals surface area contributed by atoms with Crippen LogP contribution < -0.4 is 4.72 Å². The molecule has 0 atom stereocenters. The molecule has 0 fully saturated rings. The zero-order valence-electron chi connectivity index (χ0n) is 9.79. The highest BCUT2D eigenvalue weighted by atomic mass is 32.2. The minimum atomic E-state index is -3.53. The number of tetrazole rings is 1. The largest absolute Gasteiger partial charge is 0.240 e. The van der Waals surface area contributed by atoms with Crippen molar-refractivity contribution in [3.05, 3.63) is 35.7 Å². The first-order valence-corrected chi connectivity index (χ1v) is 6.91. The van der Waals surface area contributed by atoms with Gasteiger partial charge in [0.05, 0.1) is 11.4 Å². The van der Waals surface area contributed by atoms with E-state index >= 15 is 0 Å². The number of nitrogens with one attached hydrogen (secondary N) is 2. The van der Waals surface area contributed by atoms with E-state index in [0.717, 1.165) is 12.0 Å². The number of aromatic amines is 1. The molecule has 1 aromatic carbocycles. The summed E-state index contributed by atoms with van der Waals surface area (Å²) in [5.41, 5.74) is 1.09. The summed E-state index contributed by atoms with van der Waals surface area (Å²) in [5.74, 6) is 0.295. The molecule has 0 bridgehead atoms. The minimum absolute atomic E-state index is 0.00830. The molecule has 0 aliphatic rings. The summed E-state index contributed by atoms with van der Waals surface area (Å²) in [4.78, 5) is 0.225. The van der Waals surface area contributed by atoms with Crippen molar-refractivity contribution in [2.75, 3.05) is 0 Å². The number of hydrogen-bond acceptors (Lipinski definition) is 5. The zero-order chi connectivity index (χ0) is 13.0. The van der Waals surface area contributed by atoms with Crippen LogP contribution in [0.4, 0.5) is 0 Å².